The predicted octanol–water partition coefficient (Wildman–Crippen LogP) is 0.560. The van der Waals surface area contributed by atoms with Crippen LogP contribution in [-0.2, 0) is 16.4 Å². The van der Waals surface area contributed by atoms with E-state index in [1.807, 2.05) is 0 Å². The van der Waals surface area contributed by atoms with Crippen LogP contribution >= 0.6 is 0 Å². The first-order chi connectivity index (χ1) is 8.84. The second-order valence-electron chi connectivity index (χ2n) is 4.03. The molecule has 0 amide bonds. The van der Waals surface area contributed by atoms with Crippen molar-refractivity contribution in [2.45, 2.75) is 18.2 Å². The Bertz CT molecular complexity index is 567. The maximum Gasteiger partial charge on any atom is 0.335 e. The maximum absolute atomic E-state index is 12.3. The Labute approximate surface area is 112 Å². The van der Waals surface area contributed by atoms with Gasteiger partial charge in [0.1, 0.15) is 0 Å². The SMILES string of the molecule is CCc1ccc(C(=O)O)cc1S(=O)(=O)N(C)CCO. The molecule has 0 saturated heterocycles. The third kappa shape index (κ3) is 3.31. The lowest BCUT2D eigenvalue weighted by Gasteiger charge is -2.18. The van der Waals surface area contributed by atoms with Gasteiger partial charge in [0, 0.05) is 13.6 Å². The highest BCUT2D eigenvalue weighted by Crippen LogP contribution is 2.21. The molecule has 1 aromatic carbocycles. The zero-order valence-corrected chi connectivity index (χ0v) is 11.6. The Morgan fingerprint density at radius 2 is 2.00 bits per heavy atom. The molecule has 19 heavy (non-hydrogen) atoms. The number of aliphatic hydroxyl groups is 1. The summed E-state index contributed by atoms with van der Waals surface area (Å²) in [6.45, 7) is 1.46. The van der Waals surface area contributed by atoms with Gasteiger partial charge in [0.15, 0.2) is 0 Å². The lowest BCUT2D eigenvalue weighted by Crippen LogP contribution is -2.30. The fraction of sp³-hybridized carbons (Fsp3) is 0.417. The monoisotopic (exact) mass is 287 g/mol. The summed E-state index contributed by atoms with van der Waals surface area (Å²) in [5.74, 6) is -1.18. The van der Waals surface area contributed by atoms with E-state index in [0.29, 0.717) is 12.0 Å². The number of hydrogen-bond acceptors (Lipinski definition) is 4. The van der Waals surface area contributed by atoms with Crippen LogP contribution in [-0.4, -0.2) is 49.1 Å². The van der Waals surface area contributed by atoms with E-state index in [-0.39, 0.29) is 23.6 Å². The summed E-state index contributed by atoms with van der Waals surface area (Å²) < 4.78 is 25.6. The zero-order valence-electron chi connectivity index (χ0n) is 10.8. The summed E-state index contributed by atoms with van der Waals surface area (Å²) in [5.41, 5.74) is 0.475. The van der Waals surface area contributed by atoms with Gasteiger partial charge in [0.05, 0.1) is 17.1 Å². The molecular formula is C12H17NO5S. The summed E-state index contributed by atoms with van der Waals surface area (Å²) in [6, 6.07) is 4.04. The van der Waals surface area contributed by atoms with Crippen LogP contribution in [0.15, 0.2) is 23.1 Å². The standard InChI is InChI=1S/C12H17NO5S/c1-3-9-4-5-10(12(15)16)8-11(9)19(17,18)13(2)6-7-14/h4-5,8,14H,3,6-7H2,1-2H3,(H,15,16). The minimum absolute atomic E-state index is 0.0224. The molecule has 0 fully saturated rings. The molecule has 6 nitrogen and oxygen atoms in total. The number of benzene rings is 1. The lowest BCUT2D eigenvalue weighted by molar-refractivity contribution is 0.0696. The Morgan fingerprint density at radius 1 is 1.37 bits per heavy atom. The van der Waals surface area contributed by atoms with Crippen LogP contribution < -0.4 is 0 Å². The number of nitrogens with zero attached hydrogens (tertiary/aromatic N) is 1. The van der Waals surface area contributed by atoms with Gasteiger partial charge in [0.25, 0.3) is 0 Å². The van der Waals surface area contributed by atoms with E-state index >= 15 is 0 Å². The van der Waals surface area contributed by atoms with Crippen LogP contribution in [0.2, 0.25) is 0 Å². The number of aliphatic hydroxyl groups excluding tert-OH is 1. The van der Waals surface area contributed by atoms with E-state index in [0.717, 1.165) is 10.4 Å². The smallest absolute Gasteiger partial charge is 0.335 e. The molecule has 0 aliphatic heterocycles. The van der Waals surface area contributed by atoms with Gasteiger partial charge in [-0.15, -0.1) is 0 Å². The first-order valence-electron chi connectivity index (χ1n) is 5.78. The van der Waals surface area contributed by atoms with Gasteiger partial charge < -0.3 is 10.2 Å². The Morgan fingerprint density at radius 3 is 2.47 bits per heavy atom. The van der Waals surface area contributed by atoms with Gasteiger partial charge in [-0.05, 0) is 24.1 Å². The van der Waals surface area contributed by atoms with Gasteiger partial charge in [-0.25, -0.2) is 13.2 Å². The van der Waals surface area contributed by atoms with Crippen molar-refractivity contribution in [1.29, 1.82) is 0 Å². The number of aromatic carboxylic acids is 1. The quantitative estimate of drug-likeness (QED) is 0.797. The molecule has 0 aliphatic rings. The van der Waals surface area contributed by atoms with Crippen LogP contribution in [0, 0.1) is 0 Å². The van der Waals surface area contributed by atoms with Crippen molar-refractivity contribution in [1.82, 2.24) is 4.31 Å². The fourth-order valence-corrected chi connectivity index (χ4v) is 3.13. The van der Waals surface area contributed by atoms with Crippen molar-refractivity contribution < 1.29 is 23.4 Å². The molecule has 2 N–H and O–H groups in total. The first-order valence-corrected chi connectivity index (χ1v) is 7.22. The van der Waals surface area contributed by atoms with E-state index in [1.165, 1.54) is 19.2 Å². The maximum atomic E-state index is 12.3. The van der Waals surface area contributed by atoms with Crippen LogP contribution in [0.4, 0.5) is 0 Å². The molecule has 1 aromatic rings. The number of likely N-dealkylation sites (N-methyl/N-ethyl adjacent to an activating group) is 1. The number of carbonyl (C=O) groups is 1. The minimum Gasteiger partial charge on any atom is -0.478 e. The Hall–Kier alpha value is -1.44. The summed E-state index contributed by atoms with van der Waals surface area (Å²) in [4.78, 5) is 10.9. The molecule has 7 heteroatoms. The van der Waals surface area contributed by atoms with Crippen molar-refractivity contribution in [2.75, 3.05) is 20.2 Å². The van der Waals surface area contributed by atoms with Crippen LogP contribution in [0.1, 0.15) is 22.8 Å². The third-order valence-electron chi connectivity index (χ3n) is 2.80. The second kappa shape index (κ2) is 6.14. The average Bonchev–Trinajstić information content (AvgIpc) is 2.38. The highest BCUT2D eigenvalue weighted by Gasteiger charge is 2.24. The number of hydrogen-bond donors (Lipinski definition) is 2. The molecule has 0 radical (unpaired) electrons. The molecule has 1 rings (SSSR count). The fourth-order valence-electron chi connectivity index (χ4n) is 1.65. The lowest BCUT2D eigenvalue weighted by atomic mass is 10.1. The molecule has 0 unspecified atom stereocenters. The van der Waals surface area contributed by atoms with Gasteiger partial charge >= 0.3 is 5.97 Å². The average molecular weight is 287 g/mol. The molecule has 106 valence electrons. The highest BCUT2D eigenvalue weighted by atomic mass is 32.2. The first kappa shape index (κ1) is 15.6. The number of sulfonamides is 1. The van der Waals surface area contributed by atoms with E-state index in [2.05, 4.69) is 0 Å². The molecule has 0 bridgehead atoms. The van der Waals surface area contributed by atoms with Crippen molar-refractivity contribution in [3.8, 4) is 0 Å². The van der Waals surface area contributed by atoms with Crippen LogP contribution in [0.25, 0.3) is 0 Å². The van der Waals surface area contributed by atoms with Crippen molar-refractivity contribution in [3.63, 3.8) is 0 Å². The molecule has 0 aliphatic carbocycles. The second-order valence-corrected chi connectivity index (χ2v) is 6.04. The van der Waals surface area contributed by atoms with Crippen molar-refractivity contribution in [2.24, 2.45) is 0 Å². The van der Waals surface area contributed by atoms with Crippen LogP contribution in [0.3, 0.4) is 0 Å². The summed E-state index contributed by atoms with van der Waals surface area (Å²) in [7, 11) is -2.44. The Kier molecular flexibility index (Phi) is 5.04. The summed E-state index contributed by atoms with van der Waals surface area (Å²) in [6.07, 6.45) is 0.474. The topological polar surface area (TPSA) is 94.9 Å². The van der Waals surface area contributed by atoms with E-state index in [1.54, 1.807) is 6.92 Å². The largest absolute Gasteiger partial charge is 0.478 e. The molecule has 0 aromatic heterocycles. The molecule has 0 atom stereocenters. The summed E-state index contributed by atoms with van der Waals surface area (Å²) in [5, 5.41) is 17.7. The Balaban J connectivity index is 3.38. The van der Waals surface area contributed by atoms with E-state index in [4.69, 9.17) is 10.2 Å². The molecule has 0 spiro atoms. The van der Waals surface area contributed by atoms with E-state index in [9.17, 15) is 13.2 Å². The van der Waals surface area contributed by atoms with Gasteiger partial charge in [-0.2, -0.15) is 4.31 Å². The van der Waals surface area contributed by atoms with Gasteiger partial charge in [-0.1, -0.05) is 13.0 Å². The number of rotatable bonds is 6. The van der Waals surface area contributed by atoms with Crippen molar-refractivity contribution in [3.05, 3.63) is 29.3 Å². The number of aryl methyl sites for hydroxylation is 1. The van der Waals surface area contributed by atoms with Crippen molar-refractivity contribution >= 4 is 16.0 Å². The van der Waals surface area contributed by atoms with Gasteiger partial charge in [0.2, 0.25) is 10.0 Å². The highest BCUT2D eigenvalue weighted by molar-refractivity contribution is 7.89. The number of carboxylic acids is 1. The molecular weight excluding hydrogens is 270 g/mol. The number of carboxylic acid groups (broad SMARTS) is 1. The molecule has 0 heterocycles. The summed E-state index contributed by atoms with van der Waals surface area (Å²) >= 11 is 0. The van der Waals surface area contributed by atoms with E-state index < -0.39 is 16.0 Å². The minimum atomic E-state index is -3.79. The zero-order chi connectivity index (χ0) is 14.6. The normalized spacial score (nSPS) is 11.8. The molecule has 0 saturated carbocycles. The predicted molar refractivity (Wildman–Crippen MR) is 69.7 cm³/mol. The van der Waals surface area contributed by atoms with Gasteiger partial charge in [-0.3, -0.25) is 0 Å². The third-order valence-corrected chi connectivity index (χ3v) is 4.74. The van der Waals surface area contributed by atoms with Crippen LogP contribution in [0.5, 0.6) is 0 Å².